The van der Waals surface area contributed by atoms with Crippen LogP contribution in [0.15, 0.2) is 0 Å². The van der Waals surface area contributed by atoms with E-state index in [2.05, 4.69) is 10.2 Å². The third-order valence-electron chi connectivity index (χ3n) is 3.62. The molecule has 0 radical (unpaired) electrons. The smallest absolute Gasteiger partial charge is 0.324 e. The van der Waals surface area contributed by atoms with Gasteiger partial charge in [-0.05, 0) is 33.4 Å². The Labute approximate surface area is 89.4 Å². The second kappa shape index (κ2) is 3.48. The van der Waals surface area contributed by atoms with E-state index in [0.29, 0.717) is 6.54 Å². The van der Waals surface area contributed by atoms with E-state index in [9.17, 15) is 9.59 Å². The van der Waals surface area contributed by atoms with Gasteiger partial charge in [0.05, 0.1) is 6.54 Å². The molecule has 1 heterocycles. The van der Waals surface area contributed by atoms with Crippen molar-refractivity contribution in [3.05, 3.63) is 0 Å². The van der Waals surface area contributed by atoms with Crippen LogP contribution in [0, 0.1) is 0 Å². The van der Waals surface area contributed by atoms with Gasteiger partial charge >= 0.3 is 6.03 Å². The largest absolute Gasteiger partial charge is 0.329 e. The first-order valence-corrected chi connectivity index (χ1v) is 5.31. The summed E-state index contributed by atoms with van der Waals surface area (Å²) in [6.07, 6.45) is 3.32. The molecule has 1 saturated carbocycles. The van der Waals surface area contributed by atoms with Crippen LogP contribution in [-0.4, -0.2) is 54.5 Å². The Hall–Kier alpha value is -1.10. The maximum atomic E-state index is 11.4. The van der Waals surface area contributed by atoms with Crippen molar-refractivity contribution in [1.29, 1.82) is 0 Å². The summed E-state index contributed by atoms with van der Waals surface area (Å²) in [7, 11) is 4.02. The molecule has 0 spiro atoms. The number of hydrogen-bond acceptors (Lipinski definition) is 3. The van der Waals surface area contributed by atoms with E-state index in [1.807, 2.05) is 14.1 Å². The Bertz CT molecular complexity index is 281. The molecule has 15 heavy (non-hydrogen) atoms. The summed E-state index contributed by atoms with van der Waals surface area (Å²) in [6.45, 7) is 0.688. The molecule has 5 heteroatoms. The third kappa shape index (κ3) is 1.61. The normalized spacial score (nSPS) is 24.3. The number of nitrogens with zero attached hydrogens (tertiary/aromatic N) is 2. The van der Waals surface area contributed by atoms with Gasteiger partial charge in [-0.15, -0.1) is 0 Å². The zero-order valence-electron chi connectivity index (χ0n) is 9.25. The number of amides is 3. The van der Waals surface area contributed by atoms with Crippen molar-refractivity contribution < 1.29 is 9.59 Å². The van der Waals surface area contributed by atoms with E-state index in [-0.39, 0.29) is 24.0 Å². The van der Waals surface area contributed by atoms with Crippen molar-refractivity contribution in [1.82, 2.24) is 15.1 Å². The fourth-order valence-corrected chi connectivity index (χ4v) is 2.24. The quantitative estimate of drug-likeness (QED) is 0.670. The highest BCUT2D eigenvalue weighted by Crippen LogP contribution is 2.37. The van der Waals surface area contributed by atoms with Gasteiger partial charge in [0, 0.05) is 12.1 Å². The fraction of sp³-hybridized carbons (Fsp3) is 0.800. The van der Waals surface area contributed by atoms with E-state index in [1.165, 1.54) is 11.3 Å². The SMILES string of the molecule is CN(C)C1(CN2C(=O)CNC2=O)CCC1. The molecule has 1 aliphatic heterocycles. The lowest BCUT2D eigenvalue weighted by Gasteiger charge is -2.48. The minimum Gasteiger partial charge on any atom is -0.329 e. The number of nitrogens with one attached hydrogen (secondary N) is 1. The standard InChI is InChI=1S/C10H17N3O2/c1-12(2)10(4-3-5-10)7-13-8(14)6-11-9(13)15/h3-7H2,1-2H3,(H,11,15). The first-order chi connectivity index (χ1) is 7.05. The van der Waals surface area contributed by atoms with Crippen LogP contribution in [0.3, 0.4) is 0 Å². The van der Waals surface area contributed by atoms with Crippen molar-refractivity contribution >= 4 is 11.9 Å². The fourth-order valence-electron chi connectivity index (χ4n) is 2.24. The molecule has 0 bridgehead atoms. The maximum absolute atomic E-state index is 11.4. The molecular weight excluding hydrogens is 194 g/mol. The molecule has 0 aromatic heterocycles. The molecule has 2 aliphatic rings. The number of rotatable bonds is 3. The van der Waals surface area contributed by atoms with Crippen LogP contribution in [0.5, 0.6) is 0 Å². The summed E-state index contributed by atoms with van der Waals surface area (Å²) in [5.74, 6) is -0.104. The molecule has 2 rings (SSSR count). The summed E-state index contributed by atoms with van der Waals surface area (Å²) in [4.78, 5) is 26.3. The van der Waals surface area contributed by atoms with Crippen LogP contribution in [0.2, 0.25) is 0 Å². The molecule has 5 nitrogen and oxygen atoms in total. The number of carbonyl (C=O) groups excluding carboxylic acids is 2. The predicted octanol–water partition coefficient (Wildman–Crippen LogP) is 0.0225. The van der Waals surface area contributed by atoms with Gasteiger partial charge < -0.3 is 10.2 Å². The molecule has 0 aromatic rings. The number of hydrogen-bond donors (Lipinski definition) is 1. The van der Waals surface area contributed by atoms with Crippen molar-refractivity contribution in [3.8, 4) is 0 Å². The second-order valence-electron chi connectivity index (χ2n) is 4.61. The first-order valence-electron chi connectivity index (χ1n) is 5.31. The van der Waals surface area contributed by atoms with Gasteiger partial charge in [0.15, 0.2) is 0 Å². The Morgan fingerprint density at radius 2 is 2.07 bits per heavy atom. The highest BCUT2D eigenvalue weighted by Gasteiger charge is 2.44. The Morgan fingerprint density at radius 1 is 1.40 bits per heavy atom. The first kappa shape index (κ1) is 10.4. The number of carbonyl (C=O) groups is 2. The lowest BCUT2D eigenvalue weighted by molar-refractivity contribution is -0.127. The van der Waals surface area contributed by atoms with Crippen molar-refractivity contribution in [3.63, 3.8) is 0 Å². The average molecular weight is 211 g/mol. The van der Waals surface area contributed by atoms with Crippen molar-refractivity contribution in [2.75, 3.05) is 27.2 Å². The Balaban J connectivity index is 2.06. The van der Waals surface area contributed by atoms with Gasteiger partial charge in [0.2, 0.25) is 5.91 Å². The molecular formula is C10H17N3O2. The molecule has 1 N–H and O–H groups in total. The van der Waals surface area contributed by atoms with Crippen LogP contribution in [0.1, 0.15) is 19.3 Å². The Kier molecular flexibility index (Phi) is 2.42. The van der Waals surface area contributed by atoms with E-state index in [0.717, 1.165) is 12.8 Å². The van der Waals surface area contributed by atoms with Crippen LogP contribution in [-0.2, 0) is 4.79 Å². The summed E-state index contributed by atoms with van der Waals surface area (Å²) in [6, 6.07) is -0.242. The van der Waals surface area contributed by atoms with Crippen molar-refractivity contribution in [2.45, 2.75) is 24.8 Å². The monoisotopic (exact) mass is 211 g/mol. The Morgan fingerprint density at radius 3 is 2.40 bits per heavy atom. The van der Waals surface area contributed by atoms with Crippen molar-refractivity contribution in [2.24, 2.45) is 0 Å². The highest BCUT2D eigenvalue weighted by molar-refractivity contribution is 6.02. The molecule has 2 fully saturated rings. The molecule has 84 valence electrons. The van der Waals surface area contributed by atoms with Gasteiger partial charge in [-0.2, -0.15) is 0 Å². The van der Waals surface area contributed by atoms with Gasteiger partial charge in [0.1, 0.15) is 0 Å². The maximum Gasteiger partial charge on any atom is 0.324 e. The summed E-state index contributed by atoms with van der Waals surface area (Å²) < 4.78 is 0. The van der Waals surface area contributed by atoms with Crippen LogP contribution in [0.4, 0.5) is 4.79 Å². The summed E-state index contributed by atoms with van der Waals surface area (Å²) in [5, 5.41) is 2.55. The summed E-state index contributed by atoms with van der Waals surface area (Å²) in [5.41, 5.74) is 0.0251. The molecule has 0 atom stereocenters. The van der Waals surface area contributed by atoms with E-state index in [4.69, 9.17) is 0 Å². The number of imide groups is 1. The highest BCUT2D eigenvalue weighted by atomic mass is 16.2. The van der Waals surface area contributed by atoms with Crippen LogP contribution in [0.25, 0.3) is 0 Å². The minimum atomic E-state index is -0.242. The second-order valence-corrected chi connectivity index (χ2v) is 4.61. The average Bonchev–Trinajstić information content (AvgIpc) is 2.40. The molecule has 0 unspecified atom stereocenters. The number of urea groups is 1. The minimum absolute atomic E-state index is 0.0251. The van der Waals surface area contributed by atoms with Gasteiger partial charge in [-0.25, -0.2) is 4.79 Å². The zero-order chi connectivity index (χ0) is 11.1. The lowest BCUT2D eigenvalue weighted by Crippen LogP contribution is -2.58. The lowest BCUT2D eigenvalue weighted by atomic mass is 9.75. The van der Waals surface area contributed by atoms with E-state index < -0.39 is 0 Å². The summed E-state index contributed by atoms with van der Waals surface area (Å²) >= 11 is 0. The van der Waals surface area contributed by atoms with Crippen LogP contribution < -0.4 is 5.32 Å². The molecule has 1 aliphatic carbocycles. The zero-order valence-corrected chi connectivity index (χ0v) is 9.25. The topological polar surface area (TPSA) is 52.6 Å². The van der Waals surface area contributed by atoms with Gasteiger partial charge in [-0.3, -0.25) is 9.69 Å². The molecule has 1 saturated heterocycles. The molecule has 3 amide bonds. The van der Waals surface area contributed by atoms with E-state index >= 15 is 0 Å². The van der Waals surface area contributed by atoms with Crippen LogP contribution >= 0.6 is 0 Å². The number of likely N-dealkylation sites (N-methyl/N-ethyl adjacent to an activating group) is 1. The van der Waals surface area contributed by atoms with Gasteiger partial charge in [-0.1, -0.05) is 0 Å². The van der Waals surface area contributed by atoms with Gasteiger partial charge in [0.25, 0.3) is 0 Å². The van der Waals surface area contributed by atoms with E-state index in [1.54, 1.807) is 0 Å². The molecule has 0 aromatic carbocycles. The third-order valence-corrected chi connectivity index (χ3v) is 3.62. The predicted molar refractivity (Wildman–Crippen MR) is 55.4 cm³/mol.